The van der Waals surface area contributed by atoms with Crippen molar-refractivity contribution in [2.24, 2.45) is 0 Å². The summed E-state index contributed by atoms with van der Waals surface area (Å²) in [5.41, 5.74) is 3.92. The SMILES string of the molecule is O=S(=O)(Nc1cccc2n[nH]nc12)c1ccc2c(c1)CCC2. The van der Waals surface area contributed by atoms with Crippen LogP contribution in [0.3, 0.4) is 0 Å². The van der Waals surface area contributed by atoms with Crippen LogP contribution in [0.4, 0.5) is 5.69 Å². The molecular formula is C15H14N4O2S. The van der Waals surface area contributed by atoms with Crippen LogP contribution in [-0.2, 0) is 22.9 Å². The van der Waals surface area contributed by atoms with Crippen molar-refractivity contribution >= 4 is 26.7 Å². The van der Waals surface area contributed by atoms with Gasteiger partial charge in [0.05, 0.1) is 10.6 Å². The van der Waals surface area contributed by atoms with Gasteiger partial charge in [0.15, 0.2) is 0 Å². The van der Waals surface area contributed by atoms with Crippen LogP contribution < -0.4 is 4.72 Å². The van der Waals surface area contributed by atoms with Crippen LogP contribution in [0.5, 0.6) is 0 Å². The zero-order chi connectivity index (χ0) is 15.2. The highest BCUT2D eigenvalue weighted by Gasteiger charge is 2.19. The monoisotopic (exact) mass is 314 g/mol. The summed E-state index contributed by atoms with van der Waals surface area (Å²) in [5.74, 6) is 0. The van der Waals surface area contributed by atoms with Gasteiger partial charge in [-0.1, -0.05) is 12.1 Å². The molecule has 0 amide bonds. The van der Waals surface area contributed by atoms with Gasteiger partial charge in [0, 0.05) is 0 Å². The first kappa shape index (κ1) is 13.3. The topological polar surface area (TPSA) is 87.7 Å². The molecule has 112 valence electrons. The zero-order valence-electron chi connectivity index (χ0n) is 11.7. The molecule has 6 nitrogen and oxygen atoms in total. The number of nitrogens with zero attached hydrogens (tertiary/aromatic N) is 2. The quantitative estimate of drug-likeness (QED) is 0.776. The number of rotatable bonds is 3. The minimum Gasteiger partial charge on any atom is -0.277 e. The highest BCUT2D eigenvalue weighted by Crippen LogP contribution is 2.27. The maximum absolute atomic E-state index is 12.6. The molecular weight excluding hydrogens is 300 g/mol. The van der Waals surface area contributed by atoms with E-state index in [0.29, 0.717) is 16.7 Å². The molecule has 1 heterocycles. The fraction of sp³-hybridized carbons (Fsp3) is 0.200. The highest BCUT2D eigenvalue weighted by atomic mass is 32.2. The van der Waals surface area contributed by atoms with Gasteiger partial charge < -0.3 is 0 Å². The van der Waals surface area contributed by atoms with Crippen molar-refractivity contribution < 1.29 is 8.42 Å². The van der Waals surface area contributed by atoms with Gasteiger partial charge in [0.1, 0.15) is 11.0 Å². The van der Waals surface area contributed by atoms with Crippen LogP contribution in [0.2, 0.25) is 0 Å². The third-order valence-corrected chi connectivity index (χ3v) is 5.33. The third-order valence-electron chi connectivity index (χ3n) is 3.97. The molecule has 0 spiro atoms. The molecule has 1 aliphatic rings. The second kappa shape index (κ2) is 4.81. The number of H-pyrrole nitrogens is 1. The predicted molar refractivity (Wildman–Crippen MR) is 83.2 cm³/mol. The number of anilines is 1. The molecule has 2 aromatic carbocycles. The van der Waals surface area contributed by atoms with Crippen molar-refractivity contribution in [1.29, 1.82) is 0 Å². The Hall–Kier alpha value is -2.41. The summed E-state index contributed by atoms with van der Waals surface area (Å²) < 4.78 is 27.8. The number of sulfonamides is 1. The Labute approximate surface area is 127 Å². The molecule has 0 radical (unpaired) electrons. The predicted octanol–water partition coefficient (Wildman–Crippen LogP) is 2.25. The van der Waals surface area contributed by atoms with Crippen molar-refractivity contribution in [2.45, 2.75) is 24.2 Å². The van der Waals surface area contributed by atoms with Crippen molar-refractivity contribution in [3.8, 4) is 0 Å². The Kier molecular flexibility index (Phi) is 2.90. The van der Waals surface area contributed by atoms with E-state index in [4.69, 9.17) is 0 Å². The van der Waals surface area contributed by atoms with E-state index in [9.17, 15) is 8.42 Å². The van der Waals surface area contributed by atoms with Gasteiger partial charge in [-0.3, -0.25) is 4.72 Å². The second-order valence-electron chi connectivity index (χ2n) is 5.39. The highest BCUT2D eigenvalue weighted by molar-refractivity contribution is 7.92. The molecule has 0 saturated heterocycles. The summed E-state index contributed by atoms with van der Waals surface area (Å²) in [6, 6.07) is 10.5. The van der Waals surface area contributed by atoms with Gasteiger partial charge in [0.2, 0.25) is 0 Å². The molecule has 3 aromatic rings. The Morgan fingerprint density at radius 1 is 1.05 bits per heavy atom. The smallest absolute Gasteiger partial charge is 0.261 e. The fourth-order valence-corrected chi connectivity index (χ4v) is 3.99. The van der Waals surface area contributed by atoms with Crippen molar-refractivity contribution in [3.63, 3.8) is 0 Å². The largest absolute Gasteiger partial charge is 0.277 e. The third kappa shape index (κ3) is 2.14. The molecule has 0 bridgehead atoms. The molecule has 4 rings (SSSR count). The standard InChI is InChI=1S/C15H14N4O2S/c20-22(21,12-8-7-10-3-1-4-11(10)9-12)18-14-6-2-5-13-15(14)17-19-16-13/h2,5-9,18H,1,3-4H2,(H,16,17,19). The number of hydrogen-bond acceptors (Lipinski definition) is 4. The molecule has 2 N–H and O–H groups in total. The maximum Gasteiger partial charge on any atom is 0.261 e. The number of aromatic amines is 1. The van der Waals surface area contributed by atoms with Gasteiger partial charge in [0.25, 0.3) is 10.0 Å². The molecule has 1 aromatic heterocycles. The molecule has 0 fully saturated rings. The summed E-state index contributed by atoms with van der Waals surface area (Å²) in [7, 11) is -3.64. The Balaban J connectivity index is 1.74. The number of para-hydroxylation sites is 1. The Bertz CT molecular complexity index is 963. The molecule has 0 aliphatic heterocycles. The van der Waals surface area contributed by atoms with Crippen LogP contribution in [0, 0.1) is 0 Å². The number of aryl methyl sites for hydroxylation is 2. The maximum atomic E-state index is 12.6. The van der Waals surface area contributed by atoms with E-state index in [0.717, 1.165) is 24.8 Å². The first-order valence-corrected chi connectivity index (χ1v) is 8.56. The molecule has 22 heavy (non-hydrogen) atoms. The summed E-state index contributed by atoms with van der Waals surface area (Å²) in [4.78, 5) is 0.286. The number of nitrogens with one attached hydrogen (secondary N) is 2. The minimum absolute atomic E-state index is 0.286. The van der Waals surface area contributed by atoms with E-state index in [2.05, 4.69) is 20.1 Å². The normalized spacial score (nSPS) is 14.2. The van der Waals surface area contributed by atoms with E-state index in [1.807, 2.05) is 6.07 Å². The number of aromatic nitrogens is 3. The summed E-state index contributed by atoms with van der Waals surface area (Å²) in [6.45, 7) is 0. The van der Waals surface area contributed by atoms with E-state index in [1.54, 1.807) is 30.3 Å². The molecule has 7 heteroatoms. The lowest BCUT2D eigenvalue weighted by atomic mass is 10.1. The average Bonchev–Trinajstić information content (AvgIpc) is 3.15. The van der Waals surface area contributed by atoms with E-state index < -0.39 is 10.0 Å². The van der Waals surface area contributed by atoms with Crippen LogP contribution in [0.25, 0.3) is 11.0 Å². The van der Waals surface area contributed by atoms with Gasteiger partial charge in [-0.2, -0.15) is 15.4 Å². The lowest BCUT2D eigenvalue weighted by molar-refractivity contribution is 0.601. The first-order valence-electron chi connectivity index (χ1n) is 7.08. The van der Waals surface area contributed by atoms with E-state index >= 15 is 0 Å². The fourth-order valence-electron chi connectivity index (χ4n) is 2.87. The molecule has 0 atom stereocenters. The summed E-state index contributed by atoms with van der Waals surface area (Å²) >= 11 is 0. The Morgan fingerprint density at radius 2 is 1.91 bits per heavy atom. The molecule has 1 aliphatic carbocycles. The zero-order valence-corrected chi connectivity index (χ0v) is 12.5. The van der Waals surface area contributed by atoms with E-state index in [1.165, 1.54) is 5.56 Å². The lowest BCUT2D eigenvalue weighted by Crippen LogP contribution is -2.13. The number of fused-ring (bicyclic) bond motifs is 2. The van der Waals surface area contributed by atoms with Crippen LogP contribution in [-0.4, -0.2) is 23.8 Å². The van der Waals surface area contributed by atoms with Crippen molar-refractivity contribution in [1.82, 2.24) is 15.4 Å². The van der Waals surface area contributed by atoms with Crippen molar-refractivity contribution in [2.75, 3.05) is 4.72 Å². The van der Waals surface area contributed by atoms with Crippen LogP contribution >= 0.6 is 0 Å². The Morgan fingerprint density at radius 3 is 2.82 bits per heavy atom. The van der Waals surface area contributed by atoms with Crippen LogP contribution in [0.15, 0.2) is 41.3 Å². The van der Waals surface area contributed by atoms with Gasteiger partial charge >= 0.3 is 0 Å². The van der Waals surface area contributed by atoms with E-state index in [-0.39, 0.29) is 4.90 Å². The average molecular weight is 314 g/mol. The van der Waals surface area contributed by atoms with Gasteiger partial charge in [-0.15, -0.1) is 0 Å². The molecule has 0 unspecified atom stereocenters. The second-order valence-corrected chi connectivity index (χ2v) is 7.07. The summed E-state index contributed by atoms with van der Waals surface area (Å²) in [5, 5.41) is 10.5. The number of benzene rings is 2. The minimum atomic E-state index is -3.64. The first-order chi connectivity index (χ1) is 10.6. The lowest BCUT2D eigenvalue weighted by Gasteiger charge is -2.09. The van der Waals surface area contributed by atoms with Crippen LogP contribution in [0.1, 0.15) is 17.5 Å². The number of hydrogen-bond donors (Lipinski definition) is 2. The van der Waals surface area contributed by atoms with Gasteiger partial charge in [-0.25, -0.2) is 8.42 Å². The van der Waals surface area contributed by atoms with Gasteiger partial charge in [-0.05, 0) is 54.7 Å². The van der Waals surface area contributed by atoms with Crippen molar-refractivity contribution in [3.05, 3.63) is 47.5 Å². The molecule has 0 saturated carbocycles. The summed E-state index contributed by atoms with van der Waals surface area (Å²) in [6.07, 6.45) is 3.06.